The van der Waals surface area contributed by atoms with E-state index in [0.29, 0.717) is 5.92 Å². The molecule has 1 rings (SSSR count). The average Bonchev–Trinajstić information content (AvgIpc) is 1.96. The number of hydrogen-bond acceptors (Lipinski definition) is 1. The summed E-state index contributed by atoms with van der Waals surface area (Å²) in [5.74, 6) is 0.656. The first kappa shape index (κ1) is 9.53. The molecule has 0 atom stereocenters. The number of aromatic nitrogens is 1. The lowest BCUT2D eigenvalue weighted by Crippen LogP contribution is -1.98. The van der Waals surface area contributed by atoms with Crippen molar-refractivity contribution < 1.29 is 0 Å². The Bertz CT molecular complexity index is 269. The van der Waals surface area contributed by atoms with E-state index in [0.717, 1.165) is 17.1 Å². The molecule has 0 saturated heterocycles. The van der Waals surface area contributed by atoms with Crippen molar-refractivity contribution in [1.29, 1.82) is 0 Å². The molecule has 0 fully saturated rings. The van der Waals surface area contributed by atoms with Gasteiger partial charge in [-0.05, 0) is 30.9 Å². The van der Waals surface area contributed by atoms with Crippen molar-refractivity contribution in [2.24, 2.45) is 5.92 Å². The summed E-state index contributed by atoms with van der Waals surface area (Å²) >= 11 is 5.84. The zero-order chi connectivity index (χ0) is 9.14. The van der Waals surface area contributed by atoms with Crippen molar-refractivity contribution in [1.82, 2.24) is 4.98 Å². The third-order valence-electron chi connectivity index (χ3n) is 1.79. The molecule has 2 heteroatoms. The first-order valence-corrected chi connectivity index (χ1v) is 4.58. The second-order valence-electron chi connectivity index (χ2n) is 3.50. The van der Waals surface area contributed by atoms with Crippen molar-refractivity contribution >= 4 is 11.6 Å². The van der Waals surface area contributed by atoms with Crippen molar-refractivity contribution in [2.75, 3.05) is 0 Å². The van der Waals surface area contributed by atoms with E-state index in [4.69, 9.17) is 11.6 Å². The molecule has 0 aliphatic rings. The lowest BCUT2D eigenvalue weighted by Gasteiger charge is -2.07. The van der Waals surface area contributed by atoms with Crippen molar-refractivity contribution in [3.63, 3.8) is 0 Å². The summed E-state index contributed by atoms with van der Waals surface area (Å²) in [4.78, 5) is 4.20. The lowest BCUT2D eigenvalue weighted by atomic mass is 10.0. The Morgan fingerprint density at radius 2 is 2.17 bits per heavy atom. The Labute approximate surface area is 78.8 Å². The van der Waals surface area contributed by atoms with Gasteiger partial charge >= 0.3 is 0 Å². The van der Waals surface area contributed by atoms with Crippen LogP contribution in [0.15, 0.2) is 12.3 Å². The van der Waals surface area contributed by atoms with Crippen LogP contribution >= 0.6 is 11.6 Å². The summed E-state index contributed by atoms with van der Waals surface area (Å²) in [6.07, 6.45) is 2.75. The average molecular weight is 184 g/mol. The van der Waals surface area contributed by atoms with Crippen LogP contribution in [0.1, 0.15) is 25.1 Å². The second kappa shape index (κ2) is 3.90. The first-order chi connectivity index (χ1) is 5.59. The summed E-state index contributed by atoms with van der Waals surface area (Å²) in [5.41, 5.74) is 2.35. The van der Waals surface area contributed by atoms with E-state index >= 15 is 0 Å². The fourth-order valence-corrected chi connectivity index (χ4v) is 1.38. The summed E-state index contributed by atoms with van der Waals surface area (Å²) in [5, 5.41) is 0.733. The zero-order valence-corrected chi connectivity index (χ0v) is 8.52. The molecule has 0 spiro atoms. The van der Waals surface area contributed by atoms with Crippen molar-refractivity contribution in [2.45, 2.75) is 27.2 Å². The van der Waals surface area contributed by atoms with E-state index in [1.54, 1.807) is 6.20 Å². The van der Waals surface area contributed by atoms with Gasteiger partial charge in [-0.25, -0.2) is 0 Å². The van der Waals surface area contributed by atoms with Gasteiger partial charge in [0.15, 0.2) is 0 Å². The van der Waals surface area contributed by atoms with Crippen LogP contribution < -0.4 is 0 Å². The molecule has 0 unspecified atom stereocenters. The second-order valence-corrected chi connectivity index (χ2v) is 3.93. The lowest BCUT2D eigenvalue weighted by molar-refractivity contribution is 0.642. The highest BCUT2D eigenvalue weighted by atomic mass is 35.5. The van der Waals surface area contributed by atoms with Crippen molar-refractivity contribution in [3.8, 4) is 0 Å². The van der Waals surface area contributed by atoms with Crippen molar-refractivity contribution in [3.05, 3.63) is 28.5 Å². The smallest absolute Gasteiger partial charge is 0.0592 e. The minimum Gasteiger partial charge on any atom is -0.260 e. The number of pyridine rings is 1. The third kappa shape index (κ3) is 2.49. The number of nitrogens with zero attached hydrogens (tertiary/aromatic N) is 1. The standard InChI is InChI=1S/C10H14ClN/c1-7(2)4-9-5-10(11)6-12-8(9)3/h5-7H,4H2,1-3H3. The molecule has 1 heterocycles. The van der Waals surface area contributed by atoms with Gasteiger partial charge in [0.05, 0.1) is 5.02 Å². The van der Waals surface area contributed by atoms with Crippen LogP contribution in [0, 0.1) is 12.8 Å². The summed E-state index contributed by atoms with van der Waals surface area (Å²) in [6, 6.07) is 2.00. The highest BCUT2D eigenvalue weighted by molar-refractivity contribution is 6.30. The van der Waals surface area contributed by atoms with Gasteiger partial charge < -0.3 is 0 Å². The quantitative estimate of drug-likeness (QED) is 0.686. The molecule has 1 nitrogen and oxygen atoms in total. The predicted molar refractivity (Wildman–Crippen MR) is 52.5 cm³/mol. The molecule has 0 radical (unpaired) electrons. The Hall–Kier alpha value is -0.560. The number of aryl methyl sites for hydroxylation is 1. The van der Waals surface area contributed by atoms with Gasteiger partial charge in [-0.15, -0.1) is 0 Å². The van der Waals surface area contributed by atoms with Crippen LogP contribution in [0.25, 0.3) is 0 Å². The van der Waals surface area contributed by atoms with Crippen LogP contribution in [0.5, 0.6) is 0 Å². The highest BCUT2D eigenvalue weighted by Gasteiger charge is 2.02. The molecule has 0 saturated carbocycles. The summed E-state index contributed by atoms with van der Waals surface area (Å²) in [7, 11) is 0. The number of halogens is 1. The van der Waals surface area contributed by atoms with E-state index in [9.17, 15) is 0 Å². The van der Waals surface area contributed by atoms with Gasteiger partial charge in [-0.3, -0.25) is 4.98 Å². The zero-order valence-electron chi connectivity index (χ0n) is 7.76. The van der Waals surface area contributed by atoms with E-state index in [-0.39, 0.29) is 0 Å². The summed E-state index contributed by atoms with van der Waals surface area (Å²) < 4.78 is 0. The molecule has 0 amide bonds. The maximum absolute atomic E-state index is 5.84. The molecule has 0 aliphatic carbocycles. The molecular formula is C10H14ClN. The Morgan fingerprint density at radius 3 is 2.75 bits per heavy atom. The van der Waals surface area contributed by atoms with E-state index in [2.05, 4.69) is 18.8 Å². The predicted octanol–water partition coefficient (Wildman–Crippen LogP) is 3.24. The van der Waals surface area contributed by atoms with E-state index in [1.165, 1.54) is 5.56 Å². The molecule has 1 aromatic rings. The maximum Gasteiger partial charge on any atom is 0.0592 e. The normalized spacial score (nSPS) is 10.8. The van der Waals surface area contributed by atoms with Gasteiger partial charge in [-0.1, -0.05) is 25.4 Å². The van der Waals surface area contributed by atoms with Gasteiger partial charge in [0.1, 0.15) is 0 Å². The van der Waals surface area contributed by atoms with E-state index < -0.39 is 0 Å². The van der Waals surface area contributed by atoms with Gasteiger partial charge in [0.2, 0.25) is 0 Å². The molecule has 0 aromatic carbocycles. The summed E-state index contributed by atoms with van der Waals surface area (Å²) in [6.45, 7) is 6.41. The minimum absolute atomic E-state index is 0.656. The Balaban J connectivity index is 2.90. The number of rotatable bonds is 2. The topological polar surface area (TPSA) is 12.9 Å². The molecule has 0 N–H and O–H groups in total. The Kier molecular flexibility index (Phi) is 3.10. The van der Waals surface area contributed by atoms with Gasteiger partial charge in [-0.2, -0.15) is 0 Å². The SMILES string of the molecule is Cc1ncc(Cl)cc1CC(C)C. The fourth-order valence-electron chi connectivity index (χ4n) is 1.20. The molecular weight excluding hydrogens is 170 g/mol. The third-order valence-corrected chi connectivity index (χ3v) is 1.99. The molecule has 0 aliphatic heterocycles. The minimum atomic E-state index is 0.656. The fraction of sp³-hybridized carbons (Fsp3) is 0.500. The first-order valence-electron chi connectivity index (χ1n) is 4.20. The molecule has 1 aromatic heterocycles. The van der Waals surface area contributed by atoms with Crippen LogP contribution in [-0.2, 0) is 6.42 Å². The molecule has 66 valence electrons. The van der Waals surface area contributed by atoms with Crippen LogP contribution in [0.3, 0.4) is 0 Å². The monoisotopic (exact) mass is 183 g/mol. The van der Waals surface area contributed by atoms with Crippen LogP contribution in [-0.4, -0.2) is 4.98 Å². The molecule has 0 bridgehead atoms. The van der Waals surface area contributed by atoms with E-state index in [1.807, 2.05) is 13.0 Å². The maximum atomic E-state index is 5.84. The van der Waals surface area contributed by atoms with Crippen LogP contribution in [0.4, 0.5) is 0 Å². The van der Waals surface area contributed by atoms with Crippen LogP contribution in [0.2, 0.25) is 5.02 Å². The largest absolute Gasteiger partial charge is 0.260 e. The van der Waals surface area contributed by atoms with Gasteiger partial charge in [0.25, 0.3) is 0 Å². The molecule has 12 heavy (non-hydrogen) atoms. The Morgan fingerprint density at radius 1 is 1.50 bits per heavy atom. The van der Waals surface area contributed by atoms with Gasteiger partial charge in [0, 0.05) is 11.9 Å². The highest BCUT2D eigenvalue weighted by Crippen LogP contribution is 2.15. The number of hydrogen-bond donors (Lipinski definition) is 0.